The van der Waals surface area contributed by atoms with Crippen LogP contribution in [0.2, 0.25) is 0 Å². The van der Waals surface area contributed by atoms with Gasteiger partial charge in [0.15, 0.2) is 11.6 Å². The van der Waals surface area contributed by atoms with Crippen LogP contribution in [0.5, 0.6) is 0 Å². The second-order valence-corrected chi connectivity index (χ2v) is 4.96. The quantitative estimate of drug-likeness (QED) is 0.844. The van der Waals surface area contributed by atoms with Gasteiger partial charge >= 0.3 is 0 Å². The summed E-state index contributed by atoms with van der Waals surface area (Å²) in [5.74, 6) is -0.230. The number of hydrogen-bond acceptors (Lipinski definition) is 3. The highest BCUT2D eigenvalue weighted by atomic mass is 19.1. The lowest BCUT2D eigenvalue weighted by Crippen LogP contribution is -2.37. The molecule has 0 radical (unpaired) electrons. The molecule has 0 aliphatic carbocycles. The molecule has 0 spiro atoms. The molecule has 0 unspecified atom stereocenters. The maximum atomic E-state index is 14.2. The molecular weight excluding hydrogens is 279 g/mol. The highest BCUT2D eigenvalue weighted by Gasteiger charge is 2.30. The average molecular weight is 294 g/mol. The van der Waals surface area contributed by atoms with Gasteiger partial charge in [0.05, 0.1) is 16.9 Å². The van der Waals surface area contributed by atoms with Crippen LogP contribution in [0, 0.1) is 5.82 Å². The molecule has 0 aromatic heterocycles. The first kappa shape index (κ1) is 14.2. The van der Waals surface area contributed by atoms with Gasteiger partial charge in [-0.05, 0) is 24.3 Å². The Morgan fingerprint density at radius 2 is 1.91 bits per heavy atom. The van der Waals surface area contributed by atoms with Crippen LogP contribution in [0.15, 0.2) is 60.1 Å². The third-order valence-electron chi connectivity index (χ3n) is 3.57. The van der Waals surface area contributed by atoms with Crippen LogP contribution >= 0.6 is 0 Å². The zero-order valence-electron chi connectivity index (χ0n) is 12.2. The van der Waals surface area contributed by atoms with Crippen LogP contribution in [-0.4, -0.2) is 11.6 Å². The van der Waals surface area contributed by atoms with E-state index in [0.717, 1.165) is 5.69 Å². The molecule has 3 rings (SSSR count). The van der Waals surface area contributed by atoms with Crippen molar-refractivity contribution in [2.45, 2.75) is 13.3 Å². The number of carbonyl (C=O) groups excluding carboxylic acids is 1. The summed E-state index contributed by atoms with van der Waals surface area (Å²) in [6.07, 6.45) is 0.320. The molecular formula is C18H15FN2O. The number of carbonyl (C=O) groups is 1. The van der Waals surface area contributed by atoms with Crippen LogP contribution < -0.4 is 4.90 Å². The number of benzene rings is 2. The Morgan fingerprint density at radius 1 is 1.18 bits per heavy atom. The van der Waals surface area contributed by atoms with E-state index in [1.54, 1.807) is 24.0 Å². The molecule has 0 atom stereocenters. The molecule has 0 saturated carbocycles. The number of amidine groups is 1. The van der Waals surface area contributed by atoms with Crippen molar-refractivity contribution < 1.29 is 9.18 Å². The van der Waals surface area contributed by atoms with E-state index in [9.17, 15) is 9.18 Å². The Morgan fingerprint density at radius 3 is 2.59 bits per heavy atom. The fraction of sp³-hybridized carbons (Fsp3) is 0.111. The minimum atomic E-state index is -0.393. The lowest BCUT2D eigenvalue weighted by molar-refractivity contribution is -0.112. The van der Waals surface area contributed by atoms with E-state index >= 15 is 0 Å². The van der Waals surface area contributed by atoms with Crippen molar-refractivity contribution in [1.82, 2.24) is 0 Å². The van der Waals surface area contributed by atoms with E-state index in [1.807, 2.05) is 30.3 Å². The van der Waals surface area contributed by atoms with Gasteiger partial charge in [0.25, 0.3) is 0 Å². The lowest BCUT2D eigenvalue weighted by Gasteiger charge is -2.31. The summed E-state index contributed by atoms with van der Waals surface area (Å²) < 4.78 is 14.2. The number of anilines is 1. The number of ketones is 1. The van der Waals surface area contributed by atoms with Gasteiger partial charge in [0, 0.05) is 12.1 Å². The van der Waals surface area contributed by atoms with Gasteiger partial charge < -0.3 is 0 Å². The number of nitrogens with zero attached hydrogens (tertiary/aromatic N) is 2. The molecule has 2 aromatic rings. The number of aliphatic imine (C=N–C) groups is 1. The van der Waals surface area contributed by atoms with Gasteiger partial charge in [-0.2, -0.15) is 0 Å². The topological polar surface area (TPSA) is 32.7 Å². The van der Waals surface area contributed by atoms with Gasteiger partial charge in [0.1, 0.15) is 5.82 Å². The fourth-order valence-electron chi connectivity index (χ4n) is 2.50. The Labute approximate surface area is 128 Å². The number of Topliss-reactive ketones (excluding diaryl/α,β-unsaturated/α-hetero) is 1. The van der Waals surface area contributed by atoms with Gasteiger partial charge in [0.2, 0.25) is 0 Å². The van der Waals surface area contributed by atoms with Crippen molar-refractivity contribution >= 4 is 28.7 Å². The summed E-state index contributed by atoms with van der Waals surface area (Å²) in [5.41, 5.74) is 1.93. The maximum absolute atomic E-state index is 14.2. The monoisotopic (exact) mass is 294 g/mol. The SMILES string of the molecule is C=C1c2c(F)cccc2N=C(C(=O)CC)N1c1ccccc1. The first-order valence-corrected chi connectivity index (χ1v) is 7.08. The molecule has 0 saturated heterocycles. The second kappa shape index (κ2) is 5.56. The molecule has 110 valence electrons. The summed E-state index contributed by atoms with van der Waals surface area (Å²) >= 11 is 0. The molecule has 0 amide bonds. The molecule has 3 nitrogen and oxygen atoms in total. The van der Waals surface area contributed by atoms with Crippen molar-refractivity contribution in [1.29, 1.82) is 0 Å². The van der Waals surface area contributed by atoms with Crippen LogP contribution in [0.4, 0.5) is 15.8 Å². The van der Waals surface area contributed by atoms with E-state index in [-0.39, 0.29) is 11.6 Å². The summed E-state index contributed by atoms with van der Waals surface area (Å²) in [4.78, 5) is 18.3. The molecule has 22 heavy (non-hydrogen) atoms. The average Bonchev–Trinajstić information content (AvgIpc) is 2.54. The summed E-state index contributed by atoms with van der Waals surface area (Å²) in [6.45, 7) is 5.77. The van der Waals surface area contributed by atoms with Crippen LogP contribution in [-0.2, 0) is 4.79 Å². The summed E-state index contributed by atoms with van der Waals surface area (Å²) in [6, 6.07) is 13.9. The van der Waals surface area contributed by atoms with Crippen molar-refractivity contribution in [2.24, 2.45) is 4.99 Å². The number of para-hydroxylation sites is 1. The largest absolute Gasteiger partial charge is 0.292 e. The first-order chi connectivity index (χ1) is 10.6. The van der Waals surface area contributed by atoms with Crippen LogP contribution in [0.3, 0.4) is 0 Å². The smallest absolute Gasteiger partial charge is 0.198 e. The van der Waals surface area contributed by atoms with Crippen molar-refractivity contribution in [3.63, 3.8) is 0 Å². The molecule has 4 heteroatoms. The molecule has 1 aliphatic heterocycles. The predicted octanol–water partition coefficient (Wildman–Crippen LogP) is 4.33. The maximum Gasteiger partial charge on any atom is 0.198 e. The Balaban J connectivity index is 2.23. The Hall–Kier alpha value is -2.75. The molecule has 0 bridgehead atoms. The van der Waals surface area contributed by atoms with Gasteiger partial charge in [-0.3, -0.25) is 9.69 Å². The van der Waals surface area contributed by atoms with Crippen LogP contribution in [0.1, 0.15) is 18.9 Å². The number of fused-ring (bicyclic) bond motifs is 1. The minimum Gasteiger partial charge on any atom is -0.292 e. The normalized spacial score (nSPS) is 13.6. The highest BCUT2D eigenvalue weighted by molar-refractivity contribution is 6.47. The first-order valence-electron chi connectivity index (χ1n) is 7.08. The molecule has 1 aliphatic rings. The Bertz CT molecular complexity index is 781. The van der Waals surface area contributed by atoms with Crippen molar-refractivity contribution in [2.75, 3.05) is 4.90 Å². The Kier molecular flexibility index (Phi) is 3.59. The van der Waals surface area contributed by atoms with Crippen molar-refractivity contribution in [3.05, 3.63) is 66.5 Å². The summed E-state index contributed by atoms with van der Waals surface area (Å²) in [5, 5.41) is 0. The van der Waals surface area contributed by atoms with Crippen LogP contribution in [0.25, 0.3) is 5.70 Å². The van der Waals surface area contributed by atoms with E-state index in [1.165, 1.54) is 6.07 Å². The van der Waals surface area contributed by atoms with E-state index in [4.69, 9.17) is 0 Å². The standard InChI is InChI=1S/C18H15FN2O/c1-3-16(22)18-20-15-11-7-10-14(19)17(15)12(2)21(18)13-8-5-4-6-9-13/h4-11H,2-3H2,1H3. The molecule has 0 fully saturated rings. The van der Waals surface area contributed by atoms with E-state index < -0.39 is 5.82 Å². The minimum absolute atomic E-state index is 0.111. The third kappa shape index (κ3) is 2.22. The van der Waals surface area contributed by atoms with E-state index in [0.29, 0.717) is 23.4 Å². The number of rotatable bonds is 3. The second-order valence-electron chi connectivity index (χ2n) is 4.96. The predicted molar refractivity (Wildman–Crippen MR) is 86.7 cm³/mol. The lowest BCUT2D eigenvalue weighted by atomic mass is 10.0. The molecule has 1 heterocycles. The van der Waals surface area contributed by atoms with Crippen molar-refractivity contribution in [3.8, 4) is 0 Å². The highest BCUT2D eigenvalue weighted by Crippen LogP contribution is 2.37. The molecule has 2 aromatic carbocycles. The fourth-order valence-corrected chi connectivity index (χ4v) is 2.50. The third-order valence-corrected chi connectivity index (χ3v) is 3.57. The number of hydrogen-bond donors (Lipinski definition) is 0. The van der Waals surface area contributed by atoms with Gasteiger partial charge in [-0.1, -0.05) is 37.8 Å². The molecule has 0 N–H and O–H groups in total. The zero-order valence-corrected chi connectivity index (χ0v) is 12.2. The zero-order chi connectivity index (χ0) is 15.7. The van der Waals surface area contributed by atoms with Gasteiger partial charge in [-0.25, -0.2) is 9.38 Å². The summed E-state index contributed by atoms with van der Waals surface area (Å²) in [7, 11) is 0. The van der Waals surface area contributed by atoms with Gasteiger partial charge in [-0.15, -0.1) is 0 Å². The van der Waals surface area contributed by atoms with E-state index in [2.05, 4.69) is 11.6 Å². The number of halogens is 1.